The number of hydrogen-bond acceptors (Lipinski definition) is 6. The van der Waals surface area contributed by atoms with E-state index in [0.717, 1.165) is 21.3 Å². The fourth-order valence-electron chi connectivity index (χ4n) is 3.02. The highest BCUT2D eigenvalue weighted by Gasteiger charge is 2.16. The second kappa shape index (κ2) is 7.91. The van der Waals surface area contributed by atoms with Gasteiger partial charge in [0.15, 0.2) is 5.75 Å². The van der Waals surface area contributed by atoms with Crippen molar-refractivity contribution < 1.29 is 4.74 Å². The minimum absolute atomic E-state index is 0.0842. The van der Waals surface area contributed by atoms with Crippen molar-refractivity contribution in [1.82, 2.24) is 24.7 Å². The van der Waals surface area contributed by atoms with E-state index >= 15 is 0 Å². The van der Waals surface area contributed by atoms with Crippen molar-refractivity contribution in [3.63, 3.8) is 0 Å². The Hall–Kier alpha value is -3.61. The lowest BCUT2D eigenvalue weighted by Gasteiger charge is -2.12. The van der Waals surface area contributed by atoms with E-state index in [9.17, 15) is 9.59 Å². The molecule has 0 fully saturated rings. The zero-order chi connectivity index (χ0) is 22.3. The Morgan fingerprint density at radius 2 is 1.90 bits per heavy atom. The molecule has 0 spiro atoms. The van der Waals surface area contributed by atoms with E-state index in [2.05, 4.69) is 28.9 Å². The Morgan fingerprint density at radius 3 is 2.55 bits per heavy atom. The first-order valence-electron chi connectivity index (χ1n) is 9.07. The molecule has 0 bridgehead atoms. The molecule has 31 heavy (non-hydrogen) atoms. The molecule has 9 nitrogen and oxygen atoms in total. The third kappa shape index (κ3) is 3.79. The molecule has 2 N–H and O–H groups in total. The van der Waals surface area contributed by atoms with Crippen LogP contribution in [0, 0.1) is 11.3 Å². The van der Waals surface area contributed by atoms with Crippen LogP contribution in [0.15, 0.2) is 40.1 Å². The molecule has 4 aromatic rings. The molecule has 3 heterocycles. The smallest absolute Gasteiger partial charge is 0.349 e. The van der Waals surface area contributed by atoms with Crippen LogP contribution in [0.25, 0.3) is 16.7 Å². The highest BCUT2D eigenvalue weighted by molar-refractivity contribution is 6.37. The van der Waals surface area contributed by atoms with Gasteiger partial charge in [-0.1, -0.05) is 37.0 Å². The molecule has 1 aromatic carbocycles. The molecule has 4 rings (SSSR count). The molecule has 3 aromatic heterocycles. The van der Waals surface area contributed by atoms with E-state index < -0.39 is 16.9 Å². The van der Waals surface area contributed by atoms with Gasteiger partial charge in [-0.15, -0.1) is 5.10 Å². The lowest BCUT2D eigenvalue weighted by molar-refractivity contribution is 0.465. The van der Waals surface area contributed by atoms with E-state index in [0.29, 0.717) is 0 Å². The standard InChI is InChI=1S/C20H14Cl2N6O3/c1-9(2)11-8-24-14-3-4-16(25-17(11)14)31-18-12(21)5-10(6-13(18)22)28-20(30)26-19(29)15(7-23)27-28/h3-6,8-9,24H,1-2H3,(H,26,29,30). The molecule has 0 unspecified atom stereocenters. The van der Waals surface area contributed by atoms with Gasteiger partial charge in [-0.3, -0.25) is 9.78 Å². The van der Waals surface area contributed by atoms with E-state index in [1.54, 1.807) is 12.1 Å². The van der Waals surface area contributed by atoms with Crippen molar-refractivity contribution in [3.05, 3.63) is 72.6 Å². The van der Waals surface area contributed by atoms with Crippen LogP contribution in [0.3, 0.4) is 0 Å². The number of nitriles is 1. The van der Waals surface area contributed by atoms with E-state index in [1.165, 1.54) is 12.1 Å². The molecule has 11 heteroatoms. The SMILES string of the molecule is CC(C)c1c[nH]c2ccc(Oc3c(Cl)cc(-n4nc(C#N)c(=O)[nH]c4=O)cc3Cl)nc12. The van der Waals surface area contributed by atoms with E-state index in [-0.39, 0.29) is 33.3 Å². The van der Waals surface area contributed by atoms with Crippen LogP contribution in [0.4, 0.5) is 0 Å². The van der Waals surface area contributed by atoms with Gasteiger partial charge in [-0.05, 0) is 29.7 Å². The summed E-state index contributed by atoms with van der Waals surface area (Å²) >= 11 is 12.7. The summed E-state index contributed by atoms with van der Waals surface area (Å²) in [6, 6.07) is 7.89. The van der Waals surface area contributed by atoms with Gasteiger partial charge in [0.05, 0.1) is 26.8 Å². The Balaban J connectivity index is 1.75. The normalized spacial score (nSPS) is 11.1. The van der Waals surface area contributed by atoms with Gasteiger partial charge in [-0.2, -0.15) is 9.94 Å². The van der Waals surface area contributed by atoms with Crippen molar-refractivity contribution in [1.29, 1.82) is 5.26 Å². The number of nitrogens with one attached hydrogen (secondary N) is 2. The Morgan fingerprint density at radius 1 is 1.19 bits per heavy atom. The van der Waals surface area contributed by atoms with Crippen LogP contribution >= 0.6 is 23.2 Å². The quantitative estimate of drug-likeness (QED) is 0.478. The number of halogens is 2. The summed E-state index contributed by atoms with van der Waals surface area (Å²) in [6.07, 6.45) is 1.91. The number of benzene rings is 1. The molecule has 156 valence electrons. The lowest BCUT2D eigenvalue weighted by Crippen LogP contribution is -2.33. The first-order chi connectivity index (χ1) is 14.8. The molecule has 0 aliphatic carbocycles. The number of H-pyrrole nitrogens is 2. The molecule has 0 aliphatic rings. The minimum atomic E-state index is -0.882. The monoisotopic (exact) mass is 456 g/mol. The predicted molar refractivity (Wildman–Crippen MR) is 115 cm³/mol. The summed E-state index contributed by atoms with van der Waals surface area (Å²) in [7, 11) is 0. The number of ether oxygens (including phenoxy) is 1. The largest absolute Gasteiger partial charge is 0.436 e. The van der Waals surface area contributed by atoms with Crippen LogP contribution in [-0.4, -0.2) is 24.7 Å². The third-order valence-electron chi connectivity index (χ3n) is 4.52. The van der Waals surface area contributed by atoms with Gasteiger partial charge in [0, 0.05) is 12.3 Å². The first-order valence-corrected chi connectivity index (χ1v) is 9.83. The van der Waals surface area contributed by atoms with Crippen molar-refractivity contribution >= 4 is 34.2 Å². The lowest BCUT2D eigenvalue weighted by atomic mass is 10.1. The molecule has 0 aliphatic heterocycles. The van der Waals surface area contributed by atoms with Crippen LogP contribution in [0.5, 0.6) is 11.6 Å². The molecule has 0 saturated carbocycles. The first kappa shape index (κ1) is 20.7. The molecule has 0 radical (unpaired) electrons. The molecule has 0 amide bonds. The van der Waals surface area contributed by atoms with Gasteiger partial charge < -0.3 is 9.72 Å². The second-order valence-electron chi connectivity index (χ2n) is 6.92. The second-order valence-corrected chi connectivity index (χ2v) is 7.73. The molecular formula is C20H14Cl2N6O3. The van der Waals surface area contributed by atoms with Crippen molar-refractivity contribution in [2.24, 2.45) is 0 Å². The van der Waals surface area contributed by atoms with Gasteiger partial charge in [0.2, 0.25) is 11.6 Å². The predicted octanol–water partition coefficient (Wildman–Crippen LogP) is 3.89. The number of rotatable bonds is 4. The summed E-state index contributed by atoms with van der Waals surface area (Å²) in [5.74, 6) is 0.694. The summed E-state index contributed by atoms with van der Waals surface area (Å²) in [5, 5.41) is 12.9. The highest BCUT2D eigenvalue weighted by Crippen LogP contribution is 2.38. The summed E-state index contributed by atoms with van der Waals surface area (Å²) in [6.45, 7) is 4.13. The highest BCUT2D eigenvalue weighted by atomic mass is 35.5. The average molecular weight is 457 g/mol. The maximum Gasteiger partial charge on any atom is 0.349 e. The number of aromatic nitrogens is 5. The Kier molecular flexibility index (Phi) is 5.27. The molecule has 0 saturated heterocycles. The zero-order valence-electron chi connectivity index (χ0n) is 16.2. The van der Waals surface area contributed by atoms with Gasteiger partial charge >= 0.3 is 5.69 Å². The number of aromatic amines is 2. The number of fused-ring (bicyclic) bond motifs is 1. The van der Waals surface area contributed by atoms with E-state index in [1.807, 2.05) is 17.2 Å². The van der Waals surface area contributed by atoms with Crippen LogP contribution in [0.1, 0.15) is 31.0 Å². The van der Waals surface area contributed by atoms with Crippen LogP contribution in [-0.2, 0) is 0 Å². The topological polar surface area (TPSA) is 129 Å². The Bertz CT molecular complexity index is 1460. The maximum absolute atomic E-state index is 12.1. The number of hydrogen-bond donors (Lipinski definition) is 2. The van der Waals surface area contributed by atoms with E-state index in [4.69, 9.17) is 33.2 Å². The average Bonchev–Trinajstić information content (AvgIpc) is 3.14. The van der Waals surface area contributed by atoms with Crippen LogP contribution in [0.2, 0.25) is 10.0 Å². The Labute approximate surface area is 184 Å². The van der Waals surface area contributed by atoms with Gasteiger partial charge in [-0.25, -0.2) is 9.78 Å². The summed E-state index contributed by atoms with van der Waals surface area (Å²) in [4.78, 5) is 33.4. The fourth-order valence-corrected chi connectivity index (χ4v) is 3.57. The van der Waals surface area contributed by atoms with Crippen molar-refractivity contribution in [2.75, 3.05) is 0 Å². The molecular weight excluding hydrogens is 443 g/mol. The fraction of sp³-hybridized carbons (Fsp3) is 0.150. The number of pyridine rings is 1. The maximum atomic E-state index is 12.1. The molecule has 0 atom stereocenters. The number of nitrogens with zero attached hydrogens (tertiary/aromatic N) is 4. The third-order valence-corrected chi connectivity index (χ3v) is 5.08. The zero-order valence-corrected chi connectivity index (χ0v) is 17.7. The summed E-state index contributed by atoms with van der Waals surface area (Å²) < 4.78 is 6.65. The van der Waals surface area contributed by atoms with Gasteiger partial charge in [0.1, 0.15) is 6.07 Å². The summed E-state index contributed by atoms with van der Waals surface area (Å²) in [5.41, 5.74) is 0.654. The van der Waals surface area contributed by atoms with Gasteiger partial charge in [0.25, 0.3) is 5.56 Å². The minimum Gasteiger partial charge on any atom is -0.436 e. The van der Waals surface area contributed by atoms with Crippen molar-refractivity contribution in [2.45, 2.75) is 19.8 Å². The van der Waals surface area contributed by atoms with Crippen molar-refractivity contribution in [3.8, 4) is 23.4 Å². The van der Waals surface area contributed by atoms with Crippen LogP contribution < -0.4 is 16.0 Å².